The van der Waals surface area contributed by atoms with Crippen molar-refractivity contribution in [3.8, 4) is 11.3 Å². The maximum atomic E-state index is 13.8. The normalized spacial score (nSPS) is 10.7. The van der Waals surface area contributed by atoms with E-state index in [0.29, 0.717) is 22.8 Å². The average molecular weight is 300 g/mol. The molecule has 0 aliphatic rings. The number of anilines is 2. The highest BCUT2D eigenvalue weighted by Gasteiger charge is 2.09. The first-order chi connectivity index (χ1) is 10.1. The monoisotopic (exact) mass is 300 g/mol. The summed E-state index contributed by atoms with van der Waals surface area (Å²) in [5.41, 5.74) is 14.8. The smallest absolute Gasteiger partial charge is 0.180 e. The zero-order valence-electron chi connectivity index (χ0n) is 11.1. The highest BCUT2D eigenvalue weighted by molar-refractivity contribution is 7.13. The van der Waals surface area contributed by atoms with E-state index < -0.39 is 0 Å². The van der Waals surface area contributed by atoms with Gasteiger partial charge in [0.15, 0.2) is 5.13 Å². The van der Waals surface area contributed by atoms with Crippen molar-refractivity contribution in [2.75, 3.05) is 11.5 Å². The Kier molecular flexibility index (Phi) is 3.53. The number of nitrogen functional groups attached to an aromatic ring is 2. The van der Waals surface area contributed by atoms with Crippen LogP contribution in [-0.2, 0) is 6.42 Å². The van der Waals surface area contributed by atoms with Gasteiger partial charge in [-0.05, 0) is 24.3 Å². The number of hydrogen-bond acceptors (Lipinski definition) is 5. The molecule has 0 radical (unpaired) electrons. The summed E-state index contributed by atoms with van der Waals surface area (Å²) < 4.78 is 13.8. The van der Waals surface area contributed by atoms with Gasteiger partial charge in [-0.25, -0.2) is 9.37 Å². The van der Waals surface area contributed by atoms with Crippen molar-refractivity contribution >= 4 is 22.2 Å². The summed E-state index contributed by atoms with van der Waals surface area (Å²) in [7, 11) is 0. The van der Waals surface area contributed by atoms with Crippen LogP contribution >= 0.6 is 11.3 Å². The first kappa shape index (κ1) is 13.5. The van der Waals surface area contributed by atoms with Gasteiger partial charge in [-0.1, -0.05) is 6.07 Å². The minimum atomic E-state index is -0.319. The second kappa shape index (κ2) is 5.49. The summed E-state index contributed by atoms with van der Waals surface area (Å²) in [6.07, 6.45) is 2.02. The molecule has 21 heavy (non-hydrogen) atoms. The van der Waals surface area contributed by atoms with Gasteiger partial charge in [0, 0.05) is 40.5 Å². The number of nitrogens with zero attached hydrogens (tertiary/aromatic N) is 2. The molecule has 0 amide bonds. The van der Waals surface area contributed by atoms with Crippen LogP contribution in [0, 0.1) is 5.82 Å². The van der Waals surface area contributed by atoms with E-state index in [0.717, 1.165) is 17.0 Å². The van der Waals surface area contributed by atoms with Crippen LogP contribution in [0.4, 0.5) is 15.2 Å². The van der Waals surface area contributed by atoms with Gasteiger partial charge in [0.1, 0.15) is 5.82 Å². The Balaban J connectivity index is 1.94. The molecule has 0 bridgehead atoms. The predicted octanol–water partition coefficient (Wildman–Crippen LogP) is 3.10. The van der Waals surface area contributed by atoms with Gasteiger partial charge in [0.05, 0.1) is 5.69 Å². The Morgan fingerprint density at radius 3 is 2.76 bits per heavy atom. The lowest BCUT2D eigenvalue weighted by Crippen LogP contribution is -2.01. The molecule has 0 aliphatic heterocycles. The fourth-order valence-electron chi connectivity index (χ4n) is 2.10. The largest absolute Gasteiger partial charge is 0.398 e. The van der Waals surface area contributed by atoms with Crippen LogP contribution in [-0.4, -0.2) is 9.97 Å². The third kappa shape index (κ3) is 2.85. The predicted molar refractivity (Wildman–Crippen MR) is 83.4 cm³/mol. The van der Waals surface area contributed by atoms with Crippen LogP contribution in [0.1, 0.15) is 11.3 Å². The number of benzene rings is 1. The molecule has 0 atom stereocenters. The molecule has 0 aliphatic carbocycles. The molecule has 3 aromatic rings. The topological polar surface area (TPSA) is 77.8 Å². The van der Waals surface area contributed by atoms with E-state index in [2.05, 4.69) is 9.97 Å². The number of thiazole rings is 1. The zero-order valence-corrected chi connectivity index (χ0v) is 11.9. The van der Waals surface area contributed by atoms with Crippen molar-refractivity contribution in [3.63, 3.8) is 0 Å². The van der Waals surface area contributed by atoms with Crippen LogP contribution < -0.4 is 11.5 Å². The molecular weight excluding hydrogens is 287 g/mol. The standard InChI is InChI=1S/C15H13FN4S/c16-12-2-1-3-13(17)11(12)7-10-6-9(4-5-19-10)14-8-21-15(18)20-14/h1-6,8H,7,17H2,(H2,18,20). The molecule has 0 fully saturated rings. The molecule has 4 N–H and O–H groups in total. The van der Waals surface area contributed by atoms with Gasteiger partial charge in [-0.3, -0.25) is 4.98 Å². The lowest BCUT2D eigenvalue weighted by Gasteiger charge is -2.07. The van der Waals surface area contributed by atoms with Crippen LogP contribution in [0.25, 0.3) is 11.3 Å². The first-order valence-electron chi connectivity index (χ1n) is 6.32. The number of hydrogen-bond donors (Lipinski definition) is 2. The van der Waals surface area contributed by atoms with Crippen LogP contribution in [0.2, 0.25) is 0 Å². The van der Waals surface area contributed by atoms with E-state index in [4.69, 9.17) is 11.5 Å². The Morgan fingerprint density at radius 2 is 2.05 bits per heavy atom. The molecule has 2 heterocycles. The average Bonchev–Trinajstić information content (AvgIpc) is 2.90. The van der Waals surface area contributed by atoms with E-state index in [9.17, 15) is 4.39 Å². The molecule has 3 rings (SSSR count). The van der Waals surface area contributed by atoms with Crippen molar-refractivity contribution < 1.29 is 4.39 Å². The van der Waals surface area contributed by atoms with Crippen molar-refractivity contribution in [3.05, 3.63) is 59.0 Å². The second-order valence-corrected chi connectivity index (χ2v) is 5.48. The Bertz CT molecular complexity index is 765. The van der Waals surface area contributed by atoms with E-state index in [1.54, 1.807) is 18.3 Å². The molecular formula is C15H13FN4S. The van der Waals surface area contributed by atoms with Crippen LogP contribution in [0.3, 0.4) is 0 Å². The van der Waals surface area contributed by atoms with Gasteiger partial charge < -0.3 is 11.5 Å². The molecule has 2 aromatic heterocycles. The van der Waals surface area contributed by atoms with Crippen molar-refractivity contribution in [2.45, 2.75) is 6.42 Å². The molecule has 106 valence electrons. The maximum absolute atomic E-state index is 13.8. The van der Waals surface area contributed by atoms with Crippen molar-refractivity contribution in [2.24, 2.45) is 0 Å². The van der Waals surface area contributed by atoms with Gasteiger partial charge in [0.25, 0.3) is 0 Å². The van der Waals surface area contributed by atoms with E-state index >= 15 is 0 Å². The van der Waals surface area contributed by atoms with Crippen molar-refractivity contribution in [1.29, 1.82) is 0 Å². The minimum absolute atomic E-state index is 0.319. The SMILES string of the molecule is Nc1nc(-c2ccnc(Cc3c(N)cccc3F)c2)cs1. The third-order valence-electron chi connectivity index (χ3n) is 3.15. The first-order valence-corrected chi connectivity index (χ1v) is 7.20. The van der Waals surface area contributed by atoms with Gasteiger partial charge in [0.2, 0.25) is 0 Å². The van der Waals surface area contributed by atoms with Gasteiger partial charge in [-0.15, -0.1) is 11.3 Å². The van der Waals surface area contributed by atoms with Gasteiger partial charge in [-0.2, -0.15) is 0 Å². The maximum Gasteiger partial charge on any atom is 0.180 e. The number of pyridine rings is 1. The summed E-state index contributed by atoms with van der Waals surface area (Å²) in [4.78, 5) is 8.51. The highest BCUT2D eigenvalue weighted by Crippen LogP contribution is 2.25. The fraction of sp³-hybridized carbons (Fsp3) is 0.0667. The molecule has 4 nitrogen and oxygen atoms in total. The summed E-state index contributed by atoms with van der Waals surface area (Å²) >= 11 is 1.38. The number of aromatic nitrogens is 2. The lowest BCUT2D eigenvalue weighted by atomic mass is 10.0. The van der Waals surface area contributed by atoms with E-state index in [-0.39, 0.29) is 5.82 Å². The molecule has 0 saturated heterocycles. The number of nitrogens with two attached hydrogens (primary N) is 2. The summed E-state index contributed by atoms with van der Waals surface area (Å²) in [6, 6.07) is 8.40. The molecule has 0 spiro atoms. The molecule has 0 saturated carbocycles. The summed E-state index contributed by atoms with van der Waals surface area (Å²) in [5, 5.41) is 2.40. The zero-order chi connectivity index (χ0) is 14.8. The number of halogens is 1. The van der Waals surface area contributed by atoms with Crippen LogP contribution in [0.15, 0.2) is 41.9 Å². The highest BCUT2D eigenvalue weighted by atomic mass is 32.1. The lowest BCUT2D eigenvalue weighted by molar-refractivity contribution is 0.614. The summed E-state index contributed by atoms with van der Waals surface area (Å²) in [6.45, 7) is 0. The minimum Gasteiger partial charge on any atom is -0.398 e. The fourth-order valence-corrected chi connectivity index (χ4v) is 2.67. The van der Waals surface area contributed by atoms with E-state index in [1.165, 1.54) is 17.4 Å². The quantitative estimate of drug-likeness (QED) is 0.729. The Morgan fingerprint density at radius 1 is 1.19 bits per heavy atom. The second-order valence-electron chi connectivity index (χ2n) is 4.59. The molecule has 0 unspecified atom stereocenters. The molecule has 1 aromatic carbocycles. The van der Waals surface area contributed by atoms with Crippen LogP contribution in [0.5, 0.6) is 0 Å². The third-order valence-corrected chi connectivity index (χ3v) is 3.82. The molecule has 6 heteroatoms. The Labute approximate surface area is 125 Å². The van der Waals surface area contributed by atoms with Gasteiger partial charge >= 0.3 is 0 Å². The number of rotatable bonds is 3. The Hall–Kier alpha value is -2.47. The van der Waals surface area contributed by atoms with E-state index in [1.807, 2.05) is 17.5 Å². The summed E-state index contributed by atoms with van der Waals surface area (Å²) in [5.74, 6) is -0.319. The van der Waals surface area contributed by atoms with Crippen molar-refractivity contribution in [1.82, 2.24) is 9.97 Å².